The van der Waals surface area contributed by atoms with E-state index in [1.165, 1.54) is 28.6 Å². The molecule has 0 heterocycles. The Morgan fingerprint density at radius 3 is 2.26 bits per heavy atom. The highest BCUT2D eigenvalue weighted by atomic mass is 32.2. The highest BCUT2D eigenvalue weighted by molar-refractivity contribution is 7.89. The first kappa shape index (κ1) is 22.5. The first-order valence-corrected chi connectivity index (χ1v) is 11.2. The third-order valence-electron chi connectivity index (χ3n) is 5.03. The molecule has 0 fully saturated rings. The summed E-state index contributed by atoms with van der Waals surface area (Å²) < 4.78 is 34.0. The van der Waals surface area contributed by atoms with E-state index in [0.29, 0.717) is 12.2 Å². The minimum absolute atomic E-state index is 0.0888. The molecule has 3 aromatic carbocycles. The van der Waals surface area contributed by atoms with Gasteiger partial charge < -0.3 is 4.74 Å². The summed E-state index contributed by atoms with van der Waals surface area (Å²) in [5.74, 6) is 0.664. The Morgan fingerprint density at radius 1 is 0.968 bits per heavy atom. The van der Waals surface area contributed by atoms with E-state index < -0.39 is 26.7 Å². The van der Waals surface area contributed by atoms with Crippen LogP contribution in [0.15, 0.2) is 83.8 Å². The van der Waals surface area contributed by atoms with Crippen molar-refractivity contribution >= 4 is 15.7 Å². The summed E-state index contributed by atoms with van der Waals surface area (Å²) in [4.78, 5) is 10.5. The molecule has 0 aromatic heterocycles. The molecule has 0 saturated carbocycles. The fourth-order valence-electron chi connectivity index (χ4n) is 3.49. The molecule has 0 radical (unpaired) electrons. The number of ether oxygens (including phenoxy) is 1. The number of nitro benzene ring substituents is 1. The van der Waals surface area contributed by atoms with Crippen LogP contribution in [0.3, 0.4) is 0 Å². The number of nitro groups is 1. The number of para-hydroxylation sites is 2. The zero-order valence-corrected chi connectivity index (χ0v) is 18.2. The molecule has 0 amide bonds. The zero-order valence-electron chi connectivity index (χ0n) is 17.3. The quantitative estimate of drug-likeness (QED) is 0.363. The smallest absolute Gasteiger partial charge is 0.289 e. The molecule has 0 spiro atoms. The first-order valence-electron chi connectivity index (χ1n) is 9.75. The number of methoxy groups -OCH3 is 1. The monoisotopic (exact) mass is 440 g/mol. The Bertz CT molecular complexity index is 1150. The van der Waals surface area contributed by atoms with Gasteiger partial charge in [0.25, 0.3) is 5.69 Å². The molecule has 0 aliphatic heterocycles. The van der Waals surface area contributed by atoms with E-state index in [1.54, 1.807) is 14.0 Å². The summed E-state index contributed by atoms with van der Waals surface area (Å²) in [5, 5.41) is 11.5. The van der Waals surface area contributed by atoms with Crippen molar-refractivity contribution in [2.75, 3.05) is 7.11 Å². The van der Waals surface area contributed by atoms with E-state index in [0.717, 1.165) is 11.1 Å². The first-order chi connectivity index (χ1) is 14.8. The number of hydrogen-bond acceptors (Lipinski definition) is 5. The Hall–Kier alpha value is -3.23. The molecule has 8 heteroatoms. The van der Waals surface area contributed by atoms with E-state index >= 15 is 0 Å². The van der Waals surface area contributed by atoms with Gasteiger partial charge in [-0.2, -0.15) is 4.31 Å². The van der Waals surface area contributed by atoms with Crippen LogP contribution < -0.4 is 4.74 Å². The van der Waals surface area contributed by atoms with E-state index in [9.17, 15) is 18.5 Å². The summed E-state index contributed by atoms with van der Waals surface area (Å²) in [6.45, 7) is 1.88. The van der Waals surface area contributed by atoms with Gasteiger partial charge in [0.15, 0.2) is 4.90 Å². The molecule has 0 saturated heterocycles. The van der Waals surface area contributed by atoms with Crippen LogP contribution in [-0.4, -0.2) is 30.8 Å². The predicted octanol–water partition coefficient (Wildman–Crippen LogP) is 4.43. The lowest BCUT2D eigenvalue weighted by Gasteiger charge is -2.29. The largest absolute Gasteiger partial charge is 0.496 e. The van der Waals surface area contributed by atoms with Crippen LogP contribution in [-0.2, 0) is 23.0 Å². The van der Waals surface area contributed by atoms with E-state index in [2.05, 4.69) is 0 Å². The van der Waals surface area contributed by atoms with Gasteiger partial charge in [0, 0.05) is 18.7 Å². The Labute approximate surface area is 182 Å². The normalized spacial score (nSPS) is 12.5. The van der Waals surface area contributed by atoms with E-state index in [4.69, 9.17) is 4.74 Å². The van der Waals surface area contributed by atoms with Crippen molar-refractivity contribution in [2.24, 2.45) is 0 Å². The molecule has 3 rings (SSSR count). The fraction of sp³-hybridized carbons (Fsp3) is 0.217. The second-order valence-corrected chi connectivity index (χ2v) is 8.98. The molecule has 31 heavy (non-hydrogen) atoms. The van der Waals surface area contributed by atoms with Gasteiger partial charge in [0.05, 0.1) is 12.0 Å². The van der Waals surface area contributed by atoms with Crippen molar-refractivity contribution in [3.05, 3.63) is 100 Å². The number of rotatable bonds is 9. The maximum absolute atomic E-state index is 13.6. The van der Waals surface area contributed by atoms with Crippen LogP contribution in [0.4, 0.5) is 5.69 Å². The number of hydrogen-bond donors (Lipinski definition) is 0. The minimum Gasteiger partial charge on any atom is -0.496 e. The second kappa shape index (κ2) is 9.72. The van der Waals surface area contributed by atoms with Crippen LogP contribution >= 0.6 is 0 Å². The number of nitrogens with zero attached hydrogens (tertiary/aromatic N) is 2. The molecular weight excluding hydrogens is 416 g/mol. The van der Waals surface area contributed by atoms with Gasteiger partial charge in [-0.3, -0.25) is 10.1 Å². The summed E-state index contributed by atoms with van der Waals surface area (Å²) in [6.07, 6.45) is 0.386. The van der Waals surface area contributed by atoms with Crippen LogP contribution in [0, 0.1) is 10.1 Å². The van der Waals surface area contributed by atoms with Crippen molar-refractivity contribution in [2.45, 2.75) is 30.8 Å². The van der Waals surface area contributed by atoms with Crippen molar-refractivity contribution in [3.8, 4) is 5.75 Å². The number of sulfonamides is 1. The van der Waals surface area contributed by atoms with Crippen molar-refractivity contribution in [1.82, 2.24) is 4.31 Å². The molecule has 3 aromatic rings. The molecular formula is C23H24N2O5S. The van der Waals surface area contributed by atoms with E-state index in [1.807, 2.05) is 54.6 Å². The van der Waals surface area contributed by atoms with Gasteiger partial charge in [-0.1, -0.05) is 60.7 Å². The molecule has 1 atom stereocenters. The lowest BCUT2D eigenvalue weighted by molar-refractivity contribution is -0.387. The minimum atomic E-state index is -4.16. The lowest BCUT2D eigenvalue weighted by Crippen LogP contribution is -2.39. The summed E-state index contributed by atoms with van der Waals surface area (Å²) in [6, 6.07) is 21.5. The average Bonchev–Trinajstić information content (AvgIpc) is 2.78. The van der Waals surface area contributed by atoms with Gasteiger partial charge >= 0.3 is 0 Å². The highest BCUT2D eigenvalue weighted by Gasteiger charge is 2.34. The van der Waals surface area contributed by atoms with Gasteiger partial charge in [0.1, 0.15) is 5.75 Å². The van der Waals surface area contributed by atoms with Gasteiger partial charge in [-0.25, -0.2) is 8.42 Å². The van der Waals surface area contributed by atoms with Crippen molar-refractivity contribution in [3.63, 3.8) is 0 Å². The Kier molecular flexibility index (Phi) is 7.04. The van der Waals surface area contributed by atoms with Crippen LogP contribution in [0.5, 0.6) is 5.75 Å². The maximum Gasteiger partial charge on any atom is 0.289 e. The highest BCUT2D eigenvalue weighted by Crippen LogP contribution is 2.30. The Morgan fingerprint density at radius 2 is 1.58 bits per heavy atom. The van der Waals surface area contributed by atoms with Gasteiger partial charge in [-0.05, 0) is 36.6 Å². The van der Waals surface area contributed by atoms with Gasteiger partial charge in [-0.15, -0.1) is 0 Å². The summed E-state index contributed by atoms with van der Waals surface area (Å²) in [7, 11) is -2.60. The fourth-order valence-corrected chi connectivity index (χ4v) is 5.26. The standard InChI is InChI=1S/C23H24N2O5S/c1-18(16-20-12-6-8-14-22(20)30-2)24(17-19-10-4-3-5-11-19)31(28,29)23-15-9-7-13-21(23)25(26)27/h3-15,18H,16-17H2,1-2H3/t18-/m0/s1. The molecule has 162 valence electrons. The van der Waals surface area contributed by atoms with Crippen LogP contribution in [0.1, 0.15) is 18.1 Å². The lowest BCUT2D eigenvalue weighted by atomic mass is 10.1. The zero-order chi connectivity index (χ0) is 22.4. The second-order valence-electron chi connectivity index (χ2n) is 7.13. The molecule has 0 bridgehead atoms. The topological polar surface area (TPSA) is 89.8 Å². The molecule has 7 nitrogen and oxygen atoms in total. The third kappa shape index (κ3) is 5.10. The molecule has 0 aliphatic carbocycles. The number of benzene rings is 3. The van der Waals surface area contributed by atoms with Crippen molar-refractivity contribution in [1.29, 1.82) is 0 Å². The molecule has 0 unspecified atom stereocenters. The van der Waals surface area contributed by atoms with E-state index in [-0.39, 0.29) is 11.4 Å². The third-order valence-corrected chi connectivity index (χ3v) is 7.04. The van der Waals surface area contributed by atoms with Crippen LogP contribution in [0.2, 0.25) is 0 Å². The van der Waals surface area contributed by atoms with Gasteiger partial charge in [0.2, 0.25) is 10.0 Å². The predicted molar refractivity (Wildman–Crippen MR) is 118 cm³/mol. The average molecular weight is 441 g/mol. The Balaban J connectivity index is 2.05. The SMILES string of the molecule is COc1ccccc1C[C@H](C)N(Cc1ccccc1)S(=O)(=O)c1ccccc1[N+](=O)[O-]. The van der Waals surface area contributed by atoms with Crippen molar-refractivity contribution < 1.29 is 18.1 Å². The molecule has 0 N–H and O–H groups in total. The molecule has 0 aliphatic rings. The summed E-state index contributed by atoms with van der Waals surface area (Å²) >= 11 is 0. The summed E-state index contributed by atoms with van der Waals surface area (Å²) in [5.41, 5.74) is 1.20. The van der Waals surface area contributed by atoms with Crippen LogP contribution in [0.25, 0.3) is 0 Å². The maximum atomic E-state index is 13.6.